The summed E-state index contributed by atoms with van der Waals surface area (Å²) in [7, 11) is 0. The quantitative estimate of drug-likeness (QED) is 0.840. The van der Waals surface area contributed by atoms with Gasteiger partial charge in [-0.1, -0.05) is 6.42 Å². The molecule has 2 N–H and O–H groups in total. The van der Waals surface area contributed by atoms with Crippen LogP contribution in [0.15, 0.2) is 22.9 Å². The fourth-order valence-corrected chi connectivity index (χ4v) is 3.79. The molecule has 2 amide bonds. The average Bonchev–Trinajstić information content (AvgIpc) is 2.99. The van der Waals surface area contributed by atoms with E-state index in [2.05, 4.69) is 31.5 Å². The average molecular weight is 324 g/mol. The van der Waals surface area contributed by atoms with Crippen molar-refractivity contribution in [3.63, 3.8) is 0 Å². The first-order valence-electron chi connectivity index (χ1n) is 6.85. The second kappa shape index (κ2) is 5.49. The smallest absolute Gasteiger partial charge is 0.315 e. The van der Waals surface area contributed by atoms with Gasteiger partial charge in [0.05, 0.1) is 0 Å². The number of hydrogen-bond acceptors (Lipinski definition) is 2. The van der Waals surface area contributed by atoms with Crippen LogP contribution in [0, 0.1) is 11.8 Å². The van der Waals surface area contributed by atoms with E-state index in [1.54, 1.807) is 6.20 Å². The minimum atomic E-state index is -0.0505. The van der Waals surface area contributed by atoms with Crippen molar-refractivity contribution in [3.05, 3.63) is 28.5 Å². The predicted octanol–water partition coefficient (Wildman–Crippen LogP) is 2.83. The molecule has 0 unspecified atom stereocenters. The van der Waals surface area contributed by atoms with Gasteiger partial charge >= 0.3 is 6.03 Å². The van der Waals surface area contributed by atoms with Gasteiger partial charge in [-0.25, -0.2) is 9.78 Å². The number of aromatic nitrogens is 1. The third kappa shape index (κ3) is 3.08. The van der Waals surface area contributed by atoms with Gasteiger partial charge in [0.25, 0.3) is 0 Å². The van der Waals surface area contributed by atoms with Crippen molar-refractivity contribution in [2.75, 3.05) is 0 Å². The van der Waals surface area contributed by atoms with Crippen molar-refractivity contribution < 1.29 is 4.79 Å². The molecule has 1 aromatic heterocycles. The molecule has 0 aliphatic heterocycles. The maximum atomic E-state index is 11.9. The van der Waals surface area contributed by atoms with E-state index >= 15 is 0 Å². The molecule has 0 aromatic carbocycles. The van der Waals surface area contributed by atoms with E-state index in [0.717, 1.165) is 16.1 Å². The van der Waals surface area contributed by atoms with E-state index < -0.39 is 0 Å². The molecule has 2 fully saturated rings. The van der Waals surface area contributed by atoms with E-state index in [1.165, 1.54) is 25.7 Å². The van der Waals surface area contributed by atoms with Crippen LogP contribution in [0.3, 0.4) is 0 Å². The zero-order chi connectivity index (χ0) is 13.2. The Balaban J connectivity index is 1.47. The van der Waals surface area contributed by atoms with E-state index in [-0.39, 0.29) is 6.03 Å². The van der Waals surface area contributed by atoms with Gasteiger partial charge in [-0.2, -0.15) is 0 Å². The molecule has 2 saturated carbocycles. The number of pyridine rings is 1. The zero-order valence-electron chi connectivity index (χ0n) is 10.7. The number of carbonyl (C=O) groups excluding carboxylic acids is 1. The van der Waals surface area contributed by atoms with Gasteiger partial charge in [-0.05, 0) is 64.7 Å². The largest absolute Gasteiger partial charge is 0.335 e. The SMILES string of the molecule is O=C(NCc1ccnc(Br)c1)N[C@@H]1C[C@H]2CC[C@@H]1C2. The highest BCUT2D eigenvalue weighted by molar-refractivity contribution is 9.10. The third-order valence-electron chi connectivity index (χ3n) is 4.30. The van der Waals surface area contributed by atoms with Gasteiger partial charge in [-0.15, -0.1) is 0 Å². The number of rotatable bonds is 3. The summed E-state index contributed by atoms with van der Waals surface area (Å²) in [5, 5.41) is 6.03. The van der Waals surface area contributed by atoms with Crippen molar-refractivity contribution >= 4 is 22.0 Å². The van der Waals surface area contributed by atoms with Crippen LogP contribution in [-0.4, -0.2) is 17.1 Å². The molecule has 3 rings (SSSR count). The molecule has 3 atom stereocenters. The molecule has 102 valence electrons. The maximum Gasteiger partial charge on any atom is 0.315 e. The molecule has 2 aliphatic carbocycles. The number of carbonyl (C=O) groups is 1. The van der Waals surface area contributed by atoms with Crippen molar-refractivity contribution in [2.24, 2.45) is 11.8 Å². The number of fused-ring (bicyclic) bond motifs is 2. The highest BCUT2D eigenvalue weighted by Gasteiger charge is 2.39. The molecule has 2 bridgehead atoms. The molecule has 19 heavy (non-hydrogen) atoms. The van der Waals surface area contributed by atoms with Crippen LogP contribution in [0.25, 0.3) is 0 Å². The summed E-state index contributed by atoms with van der Waals surface area (Å²) in [6, 6.07) is 4.16. The monoisotopic (exact) mass is 323 g/mol. The fraction of sp³-hybridized carbons (Fsp3) is 0.571. The standard InChI is InChI=1S/C14H18BrN3O/c15-13-7-10(3-4-16-13)8-17-14(19)18-12-6-9-1-2-11(12)5-9/h3-4,7,9,11-12H,1-2,5-6,8H2,(H2,17,18,19)/t9-,11+,12+/m0/s1. The van der Waals surface area contributed by atoms with E-state index in [0.29, 0.717) is 18.5 Å². The van der Waals surface area contributed by atoms with Crippen molar-refractivity contribution in [3.8, 4) is 0 Å². The van der Waals surface area contributed by atoms with Crippen LogP contribution >= 0.6 is 15.9 Å². The fourth-order valence-electron chi connectivity index (χ4n) is 3.38. The van der Waals surface area contributed by atoms with E-state index in [4.69, 9.17) is 0 Å². The third-order valence-corrected chi connectivity index (χ3v) is 4.73. The Hall–Kier alpha value is -1.10. The van der Waals surface area contributed by atoms with Crippen LogP contribution in [0.2, 0.25) is 0 Å². The second-order valence-corrected chi connectivity index (χ2v) is 6.41. The Morgan fingerprint density at radius 3 is 3.00 bits per heavy atom. The topological polar surface area (TPSA) is 54.0 Å². The van der Waals surface area contributed by atoms with Gasteiger partial charge in [-0.3, -0.25) is 0 Å². The molecule has 1 heterocycles. The Morgan fingerprint density at radius 1 is 1.42 bits per heavy atom. The minimum absolute atomic E-state index is 0.0505. The Morgan fingerprint density at radius 2 is 2.32 bits per heavy atom. The van der Waals surface area contributed by atoms with Gasteiger partial charge < -0.3 is 10.6 Å². The number of nitrogens with zero attached hydrogens (tertiary/aromatic N) is 1. The summed E-state index contributed by atoms with van der Waals surface area (Å²) in [4.78, 5) is 15.9. The van der Waals surface area contributed by atoms with Crippen molar-refractivity contribution in [1.29, 1.82) is 0 Å². The van der Waals surface area contributed by atoms with Gasteiger partial charge in [0, 0.05) is 18.8 Å². The van der Waals surface area contributed by atoms with Crippen molar-refractivity contribution in [1.82, 2.24) is 15.6 Å². The Bertz CT molecular complexity index is 480. The summed E-state index contributed by atoms with van der Waals surface area (Å²) in [6.07, 6.45) is 6.85. The first-order chi connectivity index (χ1) is 9.20. The molecule has 0 radical (unpaired) electrons. The maximum absolute atomic E-state index is 11.9. The first-order valence-corrected chi connectivity index (χ1v) is 7.65. The molecular formula is C14H18BrN3O. The summed E-state index contributed by atoms with van der Waals surface area (Å²) in [5.74, 6) is 1.57. The lowest BCUT2D eigenvalue weighted by molar-refractivity contribution is 0.230. The normalized spacial score (nSPS) is 28.4. The minimum Gasteiger partial charge on any atom is -0.335 e. The second-order valence-electron chi connectivity index (χ2n) is 5.60. The summed E-state index contributed by atoms with van der Waals surface area (Å²) in [6.45, 7) is 0.535. The predicted molar refractivity (Wildman–Crippen MR) is 76.5 cm³/mol. The Labute approximate surface area is 121 Å². The lowest BCUT2D eigenvalue weighted by Gasteiger charge is -2.23. The summed E-state index contributed by atoms with van der Waals surface area (Å²) >= 11 is 3.32. The number of hydrogen-bond donors (Lipinski definition) is 2. The molecule has 1 aromatic rings. The van der Waals surface area contributed by atoms with Crippen LogP contribution in [0.5, 0.6) is 0 Å². The van der Waals surface area contributed by atoms with Crippen molar-refractivity contribution in [2.45, 2.75) is 38.3 Å². The van der Waals surface area contributed by atoms with E-state index in [1.807, 2.05) is 12.1 Å². The highest BCUT2D eigenvalue weighted by Crippen LogP contribution is 2.44. The number of halogens is 1. The Kier molecular flexibility index (Phi) is 3.73. The molecular weight excluding hydrogens is 306 g/mol. The van der Waals surface area contributed by atoms with Gasteiger partial charge in [0.1, 0.15) is 4.60 Å². The first kappa shape index (κ1) is 12.9. The van der Waals surface area contributed by atoms with Crippen LogP contribution in [0.1, 0.15) is 31.2 Å². The summed E-state index contributed by atoms with van der Waals surface area (Å²) in [5.41, 5.74) is 1.05. The number of urea groups is 1. The van der Waals surface area contributed by atoms with Crippen LogP contribution in [-0.2, 0) is 6.54 Å². The zero-order valence-corrected chi connectivity index (χ0v) is 12.3. The lowest BCUT2D eigenvalue weighted by Crippen LogP contribution is -2.44. The van der Waals surface area contributed by atoms with Crippen LogP contribution in [0.4, 0.5) is 4.79 Å². The molecule has 5 heteroatoms. The van der Waals surface area contributed by atoms with Crippen LogP contribution < -0.4 is 10.6 Å². The van der Waals surface area contributed by atoms with E-state index in [9.17, 15) is 4.79 Å². The molecule has 0 spiro atoms. The summed E-state index contributed by atoms with van der Waals surface area (Å²) < 4.78 is 0.792. The van der Waals surface area contributed by atoms with Gasteiger partial charge in [0.2, 0.25) is 0 Å². The molecule has 2 aliphatic rings. The van der Waals surface area contributed by atoms with Gasteiger partial charge in [0.15, 0.2) is 0 Å². The lowest BCUT2D eigenvalue weighted by atomic mass is 9.95. The molecule has 4 nitrogen and oxygen atoms in total. The number of amides is 2. The molecule has 0 saturated heterocycles. The number of nitrogens with one attached hydrogen (secondary N) is 2. The highest BCUT2D eigenvalue weighted by atomic mass is 79.9.